The molecule has 0 amide bonds. The first kappa shape index (κ1) is 10.1. The monoisotopic (exact) mass is 258 g/mol. The first-order chi connectivity index (χ1) is 6.70. The molecule has 0 radical (unpaired) electrons. The first-order valence-electron chi connectivity index (χ1n) is 4.76. The summed E-state index contributed by atoms with van der Waals surface area (Å²) in [5, 5.41) is 0. The van der Waals surface area contributed by atoms with Crippen LogP contribution in [-0.2, 0) is 4.74 Å². The van der Waals surface area contributed by atoms with E-state index in [1.807, 2.05) is 6.07 Å². The summed E-state index contributed by atoms with van der Waals surface area (Å²) >= 11 is 3.42. The van der Waals surface area contributed by atoms with Crippen LogP contribution in [0.15, 0.2) is 16.6 Å². The molecular formula is C11H12BrFO. The normalized spacial score (nSPS) is 21.5. The van der Waals surface area contributed by atoms with E-state index in [1.54, 1.807) is 6.92 Å². The van der Waals surface area contributed by atoms with Crippen LogP contribution in [-0.4, -0.2) is 6.61 Å². The largest absolute Gasteiger partial charge is 0.373 e. The van der Waals surface area contributed by atoms with Gasteiger partial charge in [-0.25, -0.2) is 4.39 Å². The second-order valence-corrected chi connectivity index (χ2v) is 4.37. The van der Waals surface area contributed by atoms with Crippen molar-refractivity contribution >= 4 is 15.9 Å². The highest BCUT2D eigenvalue weighted by Crippen LogP contribution is 2.35. The fraction of sp³-hybridized carbons (Fsp3) is 0.455. The zero-order valence-electron chi connectivity index (χ0n) is 8.02. The molecule has 1 unspecified atom stereocenters. The Bertz CT molecular complexity index is 345. The molecule has 1 aromatic carbocycles. The van der Waals surface area contributed by atoms with Crippen LogP contribution in [0.1, 0.15) is 30.1 Å². The lowest BCUT2D eigenvalue weighted by Gasteiger charge is -2.13. The van der Waals surface area contributed by atoms with Gasteiger partial charge in [-0.1, -0.05) is 22.0 Å². The topological polar surface area (TPSA) is 9.23 Å². The number of ether oxygens (including phenoxy) is 1. The Kier molecular flexibility index (Phi) is 2.88. The van der Waals surface area contributed by atoms with Crippen molar-refractivity contribution in [3.63, 3.8) is 0 Å². The van der Waals surface area contributed by atoms with Crippen molar-refractivity contribution < 1.29 is 9.13 Å². The van der Waals surface area contributed by atoms with Gasteiger partial charge in [0.1, 0.15) is 5.82 Å². The lowest BCUT2D eigenvalue weighted by molar-refractivity contribution is 0.111. The van der Waals surface area contributed by atoms with Gasteiger partial charge in [0.2, 0.25) is 0 Å². The SMILES string of the molecule is Cc1c(F)ccc(C2CCCO2)c1Br. The highest BCUT2D eigenvalue weighted by atomic mass is 79.9. The molecule has 1 aromatic rings. The molecule has 1 fully saturated rings. The Morgan fingerprint density at radius 2 is 2.29 bits per heavy atom. The third-order valence-electron chi connectivity index (χ3n) is 2.63. The summed E-state index contributed by atoms with van der Waals surface area (Å²) in [6, 6.07) is 3.32. The van der Waals surface area contributed by atoms with E-state index in [1.165, 1.54) is 6.07 Å². The molecule has 0 spiro atoms. The Balaban J connectivity index is 2.38. The van der Waals surface area contributed by atoms with Crippen molar-refractivity contribution in [2.45, 2.75) is 25.9 Å². The number of benzene rings is 1. The maximum atomic E-state index is 13.2. The smallest absolute Gasteiger partial charge is 0.127 e. The molecule has 0 N–H and O–H groups in total. The van der Waals surface area contributed by atoms with Gasteiger partial charge in [-0.3, -0.25) is 0 Å². The number of halogens is 2. The van der Waals surface area contributed by atoms with Crippen molar-refractivity contribution in [2.75, 3.05) is 6.61 Å². The molecule has 1 atom stereocenters. The van der Waals surface area contributed by atoms with Gasteiger partial charge < -0.3 is 4.74 Å². The predicted octanol–water partition coefficient (Wildman–Crippen LogP) is 3.75. The Labute approximate surface area is 91.4 Å². The summed E-state index contributed by atoms with van der Waals surface area (Å²) in [5.74, 6) is -0.168. The van der Waals surface area contributed by atoms with Crippen molar-refractivity contribution in [1.29, 1.82) is 0 Å². The van der Waals surface area contributed by atoms with Crippen molar-refractivity contribution in [1.82, 2.24) is 0 Å². The van der Waals surface area contributed by atoms with Gasteiger partial charge in [0, 0.05) is 11.1 Å². The van der Waals surface area contributed by atoms with Crippen LogP contribution < -0.4 is 0 Å². The van der Waals surface area contributed by atoms with Crippen LogP contribution in [0.3, 0.4) is 0 Å². The third kappa shape index (κ3) is 1.71. The molecule has 0 saturated carbocycles. The summed E-state index contributed by atoms with van der Waals surface area (Å²) in [7, 11) is 0. The molecular weight excluding hydrogens is 247 g/mol. The van der Waals surface area contributed by atoms with E-state index in [4.69, 9.17) is 4.74 Å². The van der Waals surface area contributed by atoms with Gasteiger partial charge in [-0.15, -0.1) is 0 Å². The Morgan fingerprint density at radius 3 is 2.93 bits per heavy atom. The standard InChI is InChI=1S/C11H12BrFO/c1-7-9(13)5-4-8(11(7)12)10-3-2-6-14-10/h4-5,10H,2-3,6H2,1H3. The molecule has 1 heterocycles. The van der Waals surface area contributed by atoms with Crippen LogP contribution in [0.5, 0.6) is 0 Å². The summed E-state index contributed by atoms with van der Waals surface area (Å²) in [6.45, 7) is 2.59. The van der Waals surface area contributed by atoms with Gasteiger partial charge in [0.15, 0.2) is 0 Å². The molecule has 0 bridgehead atoms. The van der Waals surface area contributed by atoms with E-state index < -0.39 is 0 Å². The lowest BCUT2D eigenvalue weighted by atomic mass is 10.0. The van der Waals surface area contributed by atoms with Crippen molar-refractivity contribution in [3.05, 3.63) is 33.5 Å². The van der Waals surface area contributed by atoms with Gasteiger partial charge >= 0.3 is 0 Å². The molecule has 3 heteroatoms. The van der Waals surface area contributed by atoms with Crippen LogP contribution in [0, 0.1) is 12.7 Å². The predicted molar refractivity (Wildman–Crippen MR) is 56.8 cm³/mol. The highest BCUT2D eigenvalue weighted by molar-refractivity contribution is 9.10. The Morgan fingerprint density at radius 1 is 1.50 bits per heavy atom. The molecule has 0 aliphatic carbocycles. The van der Waals surface area contributed by atoms with Crippen LogP contribution in [0.25, 0.3) is 0 Å². The molecule has 1 nitrogen and oxygen atoms in total. The number of hydrogen-bond donors (Lipinski definition) is 0. The van der Waals surface area contributed by atoms with E-state index in [2.05, 4.69) is 15.9 Å². The van der Waals surface area contributed by atoms with Crippen LogP contribution in [0.4, 0.5) is 4.39 Å². The second kappa shape index (κ2) is 3.99. The fourth-order valence-electron chi connectivity index (χ4n) is 1.75. The summed E-state index contributed by atoms with van der Waals surface area (Å²) in [5.41, 5.74) is 1.74. The maximum Gasteiger partial charge on any atom is 0.127 e. The van der Waals surface area contributed by atoms with E-state index >= 15 is 0 Å². The van der Waals surface area contributed by atoms with Gasteiger partial charge in [0.25, 0.3) is 0 Å². The minimum absolute atomic E-state index is 0.142. The van der Waals surface area contributed by atoms with Crippen molar-refractivity contribution in [3.8, 4) is 0 Å². The zero-order valence-corrected chi connectivity index (χ0v) is 9.60. The van der Waals surface area contributed by atoms with E-state index in [-0.39, 0.29) is 11.9 Å². The number of hydrogen-bond acceptors (Lipinski definition) is 1. The van der Waals surface area contributed by atoms with E-state index in [9.17, 15) is 4.39 Å². The van der Waals surface area contributed by atoms with Gasteiger partial charge in [0.05, 0.1) is 6.10 Å². The highest BCUT2D eigenvalue weighted by Gasteiger charge is 2.21. The lowest BCUT2D eigenvalue weighted by Crippen LogP contribution is -1.99. The maximum absolute atomic E-state index is 13.2. The van der Waals surface area contributed by atoms with Crippen LogP contribution in [0.2, 0.25) is 0 Å². The number of rotatable bonds is 1. The van der Waals surface area contributed by atoms with Crippen LogP contribution >= 0.6 is 15.9 Å². The van der Waals surface area contributed by atoms with Crippen molar-refractivity contribution in [2.24, 2.45) is 0 Å². The molecule has 1 saturated heterocycles. The van der Waals surface area contributed by atoms with E-state index in [0.29, 0.717) is 5.56 Å². The molecule has 76 valence electrons. The molecule has 1 aliphatic rings. The molecule has 14 heavy (non-hydrogen) atoms. The summed E-state index contributed by atoms with van der Waals surface area (Å²) in [4.78, 5) is 0. The zero-order chi connectivity index (χ0) is 10.1. The first-order valence-corrected chi connectivity index (χ1v) is 5.55. The average molecular weight is 259 g/mol. The molecule has 1 aliphatic heterocycles. The molecule has 2 rings (SSSR count). The van der Waals surface area contributed by atoms with Gasteiger partial charge in [-0.05, 0) is 37.0 Å². The minimum atomic E-state index is -0.168. The molecule has 0 aromatic heterocycles. The van der Waals surface area contributed by atoms with Gasteiger partial charge in [-0.2, -0.15) is 0 Å². The third-order valence-corrected chi connectivity index (χ3v) is 3.68. The van der Waals surface area contributed by atoms with E-state index in [0.717, 1.165) is 29.5 Å². The average Bonchev–Trinajstić information content (AvgIpc) is 2.67. The second-order valence-electron chi connectivity index (χ2n) is 3.58. The quantitative estimate of drug-likeness (QED) is 0.746. The summed E-state index contributed by atoms with van der Waals surface area (Å²) in [6.07, 6.45) is 2.26. The summed E-state index contributed by atoms with van der Waals surface area (Å²) < 4.78 is 19.6. The fourth-order valence-corrected chi connectivity index (χ4v) is 2.33. The Hall–Kier alpha value is -0.410. The minimum Gasteiger partial charge on any atom is -0.373 e.